The molecule has 6 heteroatoms. The number of likely N-dealkylation sites (N-methyl/N-ethyl adjacent to an activating group) is 1. The highest BCUT2D eigenvalue weighted by molar-refractivity contribution is 5.96. The standard InChI is InChI=1S/C19H23N3O3/c1-21-10-12-22(13-11-21)19(24)15-4-6-16(7-5-15)20-18(23)9-8-17-3-2-14-25-17/h2-7,14H,8-13H2,1H3,(H,20,23). The number of rotatable bonds is 5. The summed E-state index contributed by atoms with van der Waals surface area (Å²) in [7, 11) is 2.06. The van der Waals surface area contributed by atoms with Gasteiger partial charge >= 0.3 is 0 Å². The van der Waals surface area contributed by atoms with E-state index in [1.807, 2.05) is 17.0 Å². The SMILES string of the molecule is CN1CCN(C(=O)c2ccc(NC(=O)CCc3ccco3)cc2)CC1. The van der Waals surface area contributed by atoms with Crippen LogP contribution in [0.1, 0.15) is 22.5 Å². The zero-order valence-electron chi connectivity index (χ0n) is 14.4. The molecule has 6 nitrogen and oxygen atoms in total. The van der Waals surface area contributed by atoms with Crippen LogP contribution in [0.3, 0.4) is 0 Å². The number of amides is 2. The number of carbonyl (C=O) groups is 2. The molecule has 1 aliphatic heterocycles. The minimum Gasteiger partial charge on any atom is -0.469 e. The van der Waals surface area contributed by atoms with Crippen LogP contribution in [0.15, 0.2) is 47.1 Å². The zero-order valence-corrected chi connectivity index (χ0v) is 14.4. The van der Waals surface area contributed by atoms with Gasteiger partial charge in [0.05, 0.1) is 6.26 Å². The Morgan fingerprint density at radius 2 is 1.80 bits per heavy atom. The van der Waals surface area contributed by atoms with Crippen LogP contribution < -0.4 is 5.32 Å². The molecule has 1 aromatic heterocycles. The smallest absolute Gasteiger partial charge is 0.253 e. The fourth-order valence-corrected chi connectivity index (χ4v) is 2.80. The van der Waals surface area contributed by atoms with E-state index in [1.165, 1.54) is 0 Å². The van der Waals surface area contributed by atoms with Gasteiger partial charge in [-0.3, -0.25) is 9.59 Å². The molecule has 0 aliphatic carbocycles. The first-order valence-corrected chi connectivity index (χ1v) is 8.52. The predicted octanol–water partition coefficient (Wildman–Crippen LogP) is 2.24. The van der Waals surface area contributed by atoms with Gasteiger partial charge in [-0.05, 0) is 43.4 Å². The summed E-state index contributed by atoms with van der Waals surface area (Å²) in [5, 5.41) is 2.84. The Bertz CT molecular complexity index is 702. The Kier molecular flexibility index (Phi) is 5.50. The summed E-state index contributed by atoms with van der Waals surface area (Å²) in [6, 6.07) is 10.7. The van der Waals surface area contributed by atoms with Crippen molar-refractivity contribution in [2.45, 2.75) is 12.8 Å². The fraction of sp³-hybridized carbons (Fsp3) is 0.368. The number of hydrogen-bond donors (Lipinski definition) is 1. The Hall–Kier alpha value is -2.60. The molecule has 2 aromatic rings. The number of nitrogens with one attached hydrogen (secondary N) is 1. The third kappa shape index (κ3) is 4.70. The highest BCUT2D eigenvalue weighted by Gasteiger charge is 2.20. The molecule has 0 spiro atoms. The van der Waals surface area contributed by atoms with Crippen LogP contribution in [-0.2, 0) is 11.2 Å². The van der Waals surface area contributed by atoms with E-state index in [0.717, 1.165) is 31.9 Å². The number of furan rings is 1. The molecule has 1 aromatic carbocycles. The van der Waals surface area contributed by atoms with Gasteiger partial charge in [-0.1, -0.05) is 0 Å². The number of benzene rings is 1. The van der Waals surface area contributed by atoms with Gasteiger partial charge in [0, 0.05) is 50.3 Å². The minimum absolute atomic E-state index is 0.0452. The molecule has 0 atom stereocenters. The van der Waals surface area contributed by atoms with Crippen LogP contribution in [0.4, 0.5) is 5.69 Å². The summed E-state index contributed by atoms with van der Waals surface area (Å²) in [6.45, 7) is 3.30. The number of aryl methyl sites for hydroxylation is 1. The molecule has 25 heavy (non-hydrogen) atoms. The van der Waals surface area contributed by atoms with E-state index in [1.54, 1.807) is 30.5 Å². The maximum Gasteiger partial charge on any atom is 0.253 e. The Morgan fingerprint density at radius 1 is 1.08 bits per heavy atom. The molecular formula is C19H23N3O3. The molecule has 132 valence electrons. The highest BCUT2D eigenvalue weighted by Crippen LogP contribution is 2.14. The van der Waals surface area contributed by atoms with Gasteiger partial charge in [0.2, 0.25) is 5.91 Å². The molecule has 1 fully saturated rings. The molecule has 2 heterocycles. The molecule has 0 saturated carbocycles. The minimum atomic E-state index is -0.0745. The summed E-state index contributed by atoms with van der Waals surface area (Å²) in [5.41, 5.74) is 1.34. The number of carbonyl (C=O) groups excluding carboxylic acids is 2. The zero-order chi connectivity index (χ0) is 17.6. The third-order valence-corrected chi connectivity index (χ3v) is 4.38. The van der Waals surface area contributed by atoms with Gasteiger partial charge < -0.3 is 19.5 Å². The van der Waals surface area contributed by atoms with Crippen LogP contribution in [0, 0.1) is 0 Å². The molecular weight excluding hydrogens is 318 g/mol. The second-order valence-electron chi connectivity index (χ2n) is 6.30. The second kappa shape index (κ2) is 7.98. The van der Waals surface area contributed by atoms with Crippen molar-refractivity contribution in [1.82, 2.24) is 9.80 Å². The van der Waals surface area contributed by atoms with Gasteiger partial charge in [0.15, 0.2) is 0 Å². The summed E-state index contributed by atoms with van der Waals surface area (Å²) in [6.07, 6.45) is 2.53. The summed E-state index contributed by atoms with van der Waals surface area (Å²) >= 11 is 0. The van der Waals surface area contributed by atoms with Gasteiger partial charge in [-0.15, -0.1) is 0 Å². The topological polar surface area (TPSA) is 65.8 Å². The lowest BCUT2D eigenvalue weighted by Crippen LogP contribution is -2.47. The van der Waals surface area contributed by atoms with Gasteiger partial charge in [0.1, 0.15) is 5.76 Å². The van der Waals surface area contributed by atoms with Gasteiger partial charge in [-0.2, -0.15) is 0 Å². The lowest BCUT2D eigenvalue weighted by molar-refractivity contribution is -0.116. The fourth-order valence-electron chi connectivity index (χ4n) is 2.80. The van der Waals surface area contributed by atoms with E-state index in [4.69, 9.17) is 4.42 Å². The monoisotopic (exact) mass is 341 g/mol. The molecule has 3 rings (SSSR count). The Balaban J connectivity index is 1.51. The molecule has 1 aliphatic rings. The maximum atomic E-state index is 12.5. The van der Waals surface area contributed by atoms with Crippen LogP contribution in [0.5, 0.6) is 0 Å². The Morgan fingerprint density at radius 3 is 2.44 bits per heavy atom. The van der Waals surface area contributed by atoms with Crippen molar-refractivity contribution in [3.05, 3.63) is 54.0 Å². The van der Waals surface area contributed by atoms with E-state index in [-0.39, 0.29) is 11.8 Å². The summed E-state index contributed by atoms with van der Waals surface area (Å²) < 4.78 is 5.22. The van der Waals surface area contributed by atoms with Crippen LogP contribution in [0.2, 0.25) is 0 Å². The van der Waals surface area contributed by atoms with E-state index in [2.05, 4.69) is 17.3 Å². The molecule has 1 saturated heterocycles. The number of hydrogen-bond acceptors (Lipinski definition) is 4. The molecule has 0 bridgehead atoms. The van der Waals surface area contributed by atoms with E-state index in [0.29, 0.717) is 24.1 Å². The number of piperazine rings is 1. The lowest BCUT2D eigenvalue weighted by Gasteiger charge is -2.32. The molecule has 2 amide bonds. The maximum absolute atomic E-state index is 12.5. The van der Waals surface area contributed by atoms with Crippen molar-refractivity contribution in [3.8, 4) is 0 Å². The average molecular weight is 341 g/mol. The van der Waals surface area contributed by atoms with E-state index >= 15 is 0 Å². The average Bonchev–Trinajstić information content (AvgIpc) is 3.14. The lowest BCUT2D eigenvalue weighted by atomic mass is 10.1. The predicted molar refractivity (Wildman–Crippen MR) is 95.5 cm³/mol. The molecule has 1 N–H and O–H groups in total. The van der Waals surface area contributed by atoms with Crippen LogP contribution >= 0.6 is 0 Å². The van der Waals surface area contributed by atoms with Crippen molar-refractivity contribution in [3.63, 3.8) is 0 Å². The van der Waals surface area contributed by atoms with Crippen molar-refractivity contribution in [1.29, 1.82) is 0 Å². The normalized spacial score (nSPS) is 15.2. The highest BCUT2D eigenvalue weighted by atomic mass is 16.3. The first-order chi connectivity index (χ1) is 12.1. The third-order valence-electron chi connectivity index (χ3n) is 4.38. The summed E-state index contributed by atoms with van der Waals surface area (Å²) in [5.74, 6) is 0.765. The largest absolute Gasteiger partial charge is 0.469 e. The van der Waals surface area contributed by atoms with Crippen molar-refractivity contribution in [2.75, 3.05) is 38.5 Å². The first kappa shape index (κ1) is 17.2. The van der Waals surface area contributed by atoms with Crippen molar-refractivity contribution in [2.24, 2.45) is 0 Å². The number of nitrogens with zero attached hydrogens (tertiary/aromatic N) is 2. The Labute approximate surface area is 147 Å². The quantitative estimate of drug-likeness (QED) is 0.906. The van der Waals surface area contributed by atoms with Crippen LogP contribution in [-0.4, -0.2) is 54.8 Å². The molecule has 0 radical (unpaired) electrons. The van der Waals surface area contributed by atoms with E-state index < -0.39 is 0 Å². The first-order valence-electron chi connectivity index (χ1n) is 8.52. The van der Waals surface area contributed by atoms with Gasteiger partial charge in [-0.25, -0.2) is 0 Å². The van der Waals surface area contributed by atoms with Crippen molar-refractivity contribution < 1.29 is 14.0 Å². The second-order valence-corrected chi connectivity index (χ2v) is 6.30. The summed E-state index contributed by atoms with van der Waals surface area (Å²) in [4.78, 5) is 28.5. The van der Waals surface area contributed by atoms with Gasteiger partial charge in [0.25, 0.3) is 5.91 Å². The van der Waals surface area contributed by atoms with Crippen LogP contribution in [0.25, 0.3) is 0 Å². The molecule has 0 unspecified atom stereocenters. The van der Waals surface area contributed by atoms with E-state index in [9.17, 15) is 9.59 Å². The van der Waals surface area contributed by atoms with Crippen molar-refractivity contribution >= 4 is 17.5 Å². The number of anilines is 1.